The zero-order valence-electron chi connectivity index (χ0n) is 14.4. The average Bonchev–Trinajstić information content (AvgIpc) is 3.36. The van der Waals surface area contributed by atoms with Gasteiger partial charge in [0.15, 0.2) is 5.82 Å². The second kappa shape index (κ2) is 7.52. The Kier molecular flexibility index (Phi) is 4.96. The molecule has 0 saturated heterocycles. The predicted molar refractivity (Wildman–Crippen MR) is 107 cm³/mol. The SMILES string of the molecule is C=CCN1C(c2cccs2)=CS/C1=C(/C#N)c1nnc2n1CCCCC2. The number of aromatic nitrogens is 3. The molecule has 7 heteroatoms. The third kappa shape index (κ3) is 3.00. The quantitative estimate of drug-likeness (QED) is 0.577. The van der Waals surface area contributed by atoms with E-state index in [0.29, 0.717) is 17.9 Å². The lowest BCUT2D eigenvalue weighted by molar-refractivity contribution is 0.587. The summed E-state index contributed by atoms with van der Waals surface area (Å²) in [4.78, 5) is 3.34. The molecule has 0 unspecified atom stereocenters. The number of nitrogens with zero attached hydrogens (tertiary/aromatic N) is 5. The van der Waals surface area contributed by atoms with E-state index >= 15 is 0 Å². The highest BCUT2D eigenvalue weighted by Gasteiger charge is 2.29. The smallest absolute Gasteiger partial charge is 0.177 e. The molecule has 0 aliphatic carbocycles. The summed E-state index contributed by atoms with van der Waals surface area (Å²) < 4.78 is 2.13. The van der Waals surface area contributed by atoms with Gasteiger partial charge in [-0.3, -0.25) is 0 Å². The predicted octanol–water partition coefficient (Wildman–Crippen LogP) is 4.49. The Labute approximate surface area is 161 Å². The molecule has 0 N–H and O–H groups in total. The Balaban J connectivity index is 1.78. The maximum atomic E-state index is 9.96. The van der Waals surface area contributed by atoms with Crippen molar-refractivity contribution in [2.45, 2.75) is 32.2 Å². The molecule has 0 bridgehead atoms. The number of aryl methyl sites for hydroxylation is 1. The molecular formula is C19H19N5S2. The molecule has 0 fully saturated rings. The lowest BCUT2D eigenvalue weighted by atomic mass is 10.2. The van der Waals surface area contributed by atoms with E-state index in [9.17, 15) is 5.26 Å². The summed E-state index contributed by atoms with van der Waals surface area (Å²) in [5.74, 6) is 1.69. The molecular weight excluding hydrogens is 362 g/mol. The second-order valence-electron chi connectivity index (χ2n) is 6.19. The number of hydrogen-bond donors (Lipinski definition) is 0. The van der Waals surface area contributed by atoms with Gasteiger partial charge in [-0.2, -0.15) is 5.26 Å². The second-order valence-corrected chi connectivity index (χ2v) is 8.00. The lowest BCUT2D eigenvalue weighted by Gasteiger charge is -2.22. The summed E-state index contributed by atoms with van der Waals surface area (Å²) in [7, 11) is 0. The Morgan fingerprint density at radius 2 is 2.27 bits per heavy atom. The van der Waals surface area contributed by atoms with Gasteiger partial charge in [-0.05, 0) is 24.3 Å². The van der Waals surface area contributed by atoms with Gasteiger partial charge in [0, 0.05) is 24.9 Å². The van der Waals surface area contributed by atoms with Crippen LogP contribution >= 0.6 is 23.1 Å². The van der Waals surface area contributed by atoms with E-state index in [1.807, 2.05) is 12.1 Å². The summed E-state index contributed by atoms with van der Waals surface area (Å²) in [5, 5.41) is 23.8. The van der Waals surface area contributed by atoms with E-state index in [0.717, 1.165) is 42.4 Å². The summed E-state index contributed by atoms with van der Waals surface area (Å²) >= 11 is 3.28. The first kappa shape index (κ1) is 17.1. The van der Waals surface area contributed by atoms with Gasteiger partial charge in [-0.25, -0.2) is 0 Å². The van der Waals surface area contributed by atoms with Crippen LogP contribution in [0.1, 0.15) is 35.8 Å². The minimum Gasteiger partial charge on any atom is -0.329 e. The van der Waals surface area contributed by atoms with Crippen molar-refractivity contribution in [3.8, 4) is 6.07 Å². The molecule has 26 heavy (non-hydrogen) atoms. The van der Waals surface area contributed by atoms with Crippen molar-refractivity contribution in [3.63, 3.8) is 0 Å². The van der Waals surface area contributed by atoms with Crippen LogP contribution < -0.4 is 0 Å². The van der Waals surface area contributed by atoms with Crippen molar-refractivity contribution in [1.82, 2.24) is 19.7 Å². The molecule has 132 valence electrons. The van der Waals surface area contributed by atoms with Crippen LogP contribution in [-0.4, -0.2) is 26.2 Å². The average molecular weight is 382 g/mol. The largest absolute Gasteiger partial charge is 0.329 e. The van der Waals surface area contributed by atoms with Gasteiger partial charge >= 0.3 is 0 Å². The molecule has 0 atom stereocenters. The molecule has 2 aromatic rings. The Morgan fingerprint density at radius 1 is 1.35 bits per heavy atom. The van der Waals surface area contributed by atoms with E-state index < -0.39 is 0 Å². The molecule has 5 nitrogen and oxygen atoms in total. The van der Waals surface area contributed by atoms with Crippen LogP contribution in [0.25, 0.3) is 11.3 Å². The molecule has 0 radical (unpaired) electrons. The maximum absolute atomic E-state index is 9.96. The Bertz CT molecular complexity index is 914. The van der Waals surface area contributed by atoms with Crippen molar-refractivity contribution in [1.29, 1.82) is 5.26 Å². The van der Waals surface area contributed by atoms with Crippen LogP contribution in [0.5, 0.6) is 0 Å². The van der Waals surface area contributed by atoms with Gasteiger partial charge in [0.25, 0.3) is 0 Å². The molecule has 0 aromatic carbocycles. The van der Waals surface area contributed by atoms with Crippen LogP contribution in [0.4, 0.5) is 0 Å². The monoisotopic (exact) mass is 381 g/mol. The first-order valence-electron chi connectivity index (χ1n) is 8.69. The van der Waals surface area contributed by atoms with Gasteiger partial charge in [-0.15, -0.1) is 28.1 Å². The van der Waals surface area contributed by atoms with Crippen LogP contribution in [-0.2, 0) is 13.0 Å². The third-order valence-corrected chi connectivity index (χ3v) is 6.44. The van der Waals surface area contributed by atoms with E-state index in [2.05, 4.69) is 49.2 Å². The van der Waals surface area contributed by atoms with E-state index in [-0.39, 0.29) is 0 Å². The van der Waals surface area contributed by atoms with Gasteiger partial charge in [0.05, 0.1) is 10.6 Å². The molecule has 0 saturated carbocycles. The number of rotatable bonds is 4. The molecule has 4 rings (SSSR count). The fraction of sp³-hybridized carbons (Fsp3) is 0.316. The van der Waals surface area contributed by atoms with Gasteiger partial charge in [0.2, 0.25) is 0 Å². The van der Waals surface area contributed by atoms with Crippen molar-refractivity contribution in [3.05, 3.63) is 57.1 Å². The summed E-state index contributed by atoms with van der Waals surface area (Å²) in [6.45, 7) is 5.42. The van der Waals surface area contributed by atoms with Gasteiger partial charge in [-0.1, -0.05) is 30.3 Å². The number of hydrogen-bond acceptors (Lipinski definition) is 6. The summed E-state index contributed by atoms with van der Waals surface area (Å²) in [5.41, 5.74) is 1.71. The summed E-state index contributed by atoms with van der Waals surface area (Å²) in [6.07, 6.45) is 6.24. The van der Waals surface area contributed by atoms with E-state index in [1.54, 1.807) is 23.1 Å². The van der Waals surface area contributed by atoms with Crippen molar-refractivity contribution < 1.29 is 0 Å². The molecule has 0 amide bonds. The fourth-order valence-electron chi connectivity index (χ4n) is 3.33. The molecule has 2 aromatic heterocycles. The van der Waals surface area contributed by atoms with Crippen molar-refractivity contribution in [2.75, 3.05) is 6.54 Å². The van der Waals surface area contributed by atoms with Gasteiger partial charge < -0.3 is 9.47 Å². The molecule has 0 spiro atoms. The third-order valence-electron chi connectivity index (χ3n) is 4.56. The standard InChI is InChI=1S/C19H19N5S2/c1-2-9-23-15(16-7-6-11-25-16)13-26-19(23)14(12-20)18-22-21-17-8-4-3-5-10-24(17)18/h2,6-7,11,13H,1,3-5,8-10H2/b19-14-. The van der Waals surface area contributed by atoms with Crippen LogP contribution in [0, 0.1) is 11.3 Å². The molecule has 2 aliphatic rings. The number of nitriles is 1. The lowest BCUT2D eigenvalue weighted by Crippen LogP contribution is -2.18. The maximum Gasteiger partial charge on any atom is 0.177 e. The highest BCUT2D eigenvalue weighted by atomic mass is 32.2. The Morgan fingerprint density at radius 3 is 3.04 bits per heavy atom. The van der Waals surface area contributed by atoms with Crippen LogP contribution in [0.3, 0.4) is 0 Å². The van der Waals surface area contributed by atoms with Crippen LogP contribution in [0.15, 0.2) is 40.6 Å². The van der Waals surface area contributed by atoms with Crippen molar-refractivity contribution in [2.24, 2.45) is 0 Å². The zero-order chi connectivity index (χ0) is 17.9. The van der Waals surface area contributed by atoms with E-state index in [1.165, 1.54) is 11.3 Å². The minimum atomic E-state index is 0.598. The highest BCUT2D eigenvalue weighted by Crippen LogP contribution is 2.44. The fourth-order valence-corrected chi connectivity index (χ4v) is 5.19. The Hall–Kier alpha value is -2.30. The normalized spacial score (nSPS) is 18.7. The summed E-state index contributed by atoms with van der Waals surface area (Å²) in [6, 6.07) is 6.55. The van der Waals surface area contributed by atoms with Gasteiger partial charge in [0.1, 0.15) is 22.5 Å². The number of allylic oxidation sites excluding steroid dienone is 1. The van der Waals surface area contributed by atoms with E-state index in [4.69, 9.17) is 0 Å². The minimum absolute atomic E-state index is 0.598. The first-order valence-corrected chi connectivity index (χ1v) is 10.5. The number of fused-ring (bicyclic) bond motifs is 1. The molecule has 2 aliphatic heterocycles. The first-order chi connectivity index (χ1) is 12.8. The zero-order valence-corrected chi connectivity index (χ0v) is 16.0. The topological polar surface area (TPSA) is 57.7 Å². The number of thiophene rings is 1. The van der Waals surface area contributed by atoms with Crippen LogP contribution in [0.2, 0.25) is 0 Å². The van der Waals surface area contributed by atoms with Crippen molar-refractivity contribution >= 4 is 34.4 Å². The molecule has 4 heterocycles. The number of thioether (sulfide) groups is 1. The highest BCUT2D eigenvalue weighted by molar-refractivity contribution is 8.06.